The summed E-state index contributed by atoms with van der Waals surface area (Å²) in [6, 6.07) is 0.0752. The third kappa shape index (κ3) is 3.98. The van der Waals surface area contributed by atoms with Crippen LogP contribution in [0.15, 0.2) is 0 Å². The van der Waals surface area contributed by atoms with Crippen LogP contribution < -0.4 is 10.6 Å². The first-order valence-electron chi connectivity index (χ1n) is 7.27. The van der Waals surface area contributed by atoms with E-state index in [1.165, 1.54) is 38.5 Å². The highest BCUT2D eigenvalue weighted by Gasteiger charge is 2.22. The summed E-state index contributed by atoms with van der Waals surface area (Å²) in [4.78, 5) is 11.9. The van der Waals surface area contributed by atoms with Crippen molar-refractivity contribution in [1.82, 2.24) is 10.6 Å². The van der Waals surface area contributed by atoms with Crippen molar-refractivity contribution in [2.75, 3.05) is 13.1 Å². The highest BCUT2D eigenvalue weighted by molar-refractivity contribution is 5.81. The maximum atomic E-state index is 11.9. The van der Waals surface area contributed by atoms with E-state index in [0.717, 1.165) is 31.3 Å². The lowest BCUT2D eigenvalue weighted by molar-refractivity contribution is -0.123. The Hall–Kier alpha value is -0.570. The Morgan fingerprint density at radius 1 is 1.18 bits per heavy atom. The molecular formula is C14H26N2O. The molecule has 1 amide bonds. The van der Waals surface area contributed by atoms with Gasteiger partial charge in [0, 0.05) is 6.54 Å². The molecule has 1 heterocycles. The molecule has 1 unspecified atom stereocenters. The quantitative estimate of drug-likeness (QED) is 0.790. The summed E-state index contributed by atoms with van der Waals surface area (Å²) in [7, 11) is 0. The molecule has 0 aromatic heterocycles. The highest BCUT2D eigenvalue weighted by atomic mass is 16.2. The van der Waals surface area contributed by atoms with Crippen molar-refractivity contribution < 1.29 is 4.79 Å². The van der Waals surface area contributed by atoms with Gasteiger partial charge in [-0.2, -0.15) is 0 Å². The van der Waals surface area contributed by atoms with Crippen LogP contribution in [0.1, 0.15) is 51.9 Å². The minimum absolute atomic E-state index is 0.0752. The Morgan fingerprint density at radius 2 is 1.94 bits per heavy atom. The number of amides is 1. The summed E-state index contributed by atoms with van der Waals surface area (Å²) in [5.41, 5.74) is 0. The Morgan fingerprint density at radius 3 is 2.59 bits per heavy atom. The number of hydrogen-bond acceptors (Lipinski definition) is 2. The van der Waals surface area contributed by atoms with Crippen LogP contribution in [0.25, 0.3) is 0 Å². The lowest BCUT2D eigenvalue weighted by Gasteiger charge is -2.28. The van der Waals surface area contributed by atoms with E-state index in [0.29, 0.717) is 0 Å². The molecule has 1 aliphatic heterocycles. The lowest BCUT2D eigenvalue weighted by atomic mass is 9.83. The molecule has 0 spiro atoms. The summed E-state index contributed by atoms with van der Waals surface area (Å²) in [6.45, 7) is 4.23. The van der Waals surface area contributed by atoms with Gasteiger partial charge in [0.15, 0.2) is 0 Å². The average molecular weight is 238 g/mol. The van der Waals surface area contributed by atoms with Crippen LogP contribution in [-0.4, -0.2) is 25.0 Å². The van der Waals surface area contributed by atoms with Gasteiger partial charge in [-0.1, -0.05) is 26.2 Å². The minimum Gasteiger partial charge on any atom is -0.354 e. The number of piperidine rings is 1. The van der Waals surface area contributed by atoms with Crippen molar-refractivity contribution in [3.8, 4) is 0 Å². The molecular weight excluding hydrogens is 212 g/mol. The lowest BCUT2D eigenvalue weighted by Crippen LogP contribution is -2.47. The topological polar surface area (TPSA) is 41.1 Å². The summed E-state index contributed by atoms with van der Waals surface area (Å²) < 4.78 is 0. The van der Waals surface area contributed by atoms with E-state index in [-0.39, 0.29) is 11.9 Å². The summed E-state index contributed by atoms with van der Waals surface area (Å²) in [5.74, 6) is 1.84. The fourth-order valence-corrected chi connectivity index (χ4v) is 2.98. The first-order valence-corrected chi connectivity index (χ1v) is 7.27. The molecule has 1 aliphatic carbocycles. The molecule has 0 aromatic rings. The first-order chi connectivity index (χ1) is 8.25. The van der Waals surface area contributed by atoms with Gasteiger partial charge in [-0.3, -0.25) is 4.79 Å². The average Bonchev–Trinajstić information content (AvgIpc) is 2.39. The Balaban J connectivity index is 1.65. The molecule has 2 fully saturated rings. The van der Waals surface area contributed by atoms with E-state index in [4.69, 9.17) is 0 Å². The van der Waals surface area contributed by atoms with E-state index in [2.05, 4.69) is 17.6 Å². The second-order valence-electron chi connectivity index (χ2n) is 5.87. The van der Waals surface area contributed by atoms with Crippen molar-refractivity contribution in [2.45, 2.75) is 57.9 Å². The highest BCUT2D eigenvalue weighted by Crippen LogP contribution is 2.27. The number of rotatable bonds is 3. The van der Waals surface area contributed by atoms with Crippen molar-refractivity contribution in [1.29, 1.82) is 0 Å². The molecule has 17 heavy (non-hydrogen) atoms. The fraction of sp³-hybridized carbons (Fsp3) is 0.929. The van der Waals surface area contributed by atoms with E-state index in [1.807, 2.05) is 0 Å². The third-order valence-corrected chi connectivity index (χ3v) is 4.33. The largest absolute Gasteiger partial charge is 0.354 e. The van der Waals surface area contributed by atoms with Gasteiger partial charge in [0.1, 0.15) is 0 Å². The number of carbonyl (C=O) groups is 1. The van der Waals surface area contributed by atoms with Crippen molar-refractivity contribution in [3.05, 3.63) is 0 Å². The summed E-state index contributed by atoms with van der Waals surface area (Å²) in [6.07, 6.45) is 8.66. The Bertz CT molecular complexity index is 241. The molecule has 2 aliphatic rings. The smallest absolute Gasteiger partial charge is 0.237 e. The maximum Gasteiger partial charge on any atom is 0.237 e. The van der Waals surface area contributed by atoms with Crippen LogP contribution in [0.2, 0.25) is 0 Å². The predicted molar refractivity (Wildman–Crippen MR) is 69.8 cm³/mol. The van der Waals surface area contributed by atoms with Crippen molar-refractivity contribution >= 4 is 5.91 Å². The van der Waals surface area contributed by atoms with Gasteiger partial charge in [0.05, 0.1) is 6.04 Å². The van der Waals surface area contributed by atoms with Crippen LogP contribution in [0.4, 0.5) is 0 Å². The van der Waals surface area contributed by atoms with Gasteiger partial charge in [0.2, 0.25) is 5.91 Å². The number of hydrogen-bond donors (Lipinski definition) is 2. The maximum absolute atomic E-state index is 11.9. The zero-order valence-electron chi connectivity index (χ0n) is 11.0. The monoisotopic (exact) mass is 238 g/mol. The van der Waals surface area contributed by atoms with E-state index in [1.54, 1.807) is 0 Å². The van der Waals surface area contributed by atoms with Crippen molar-refractivity contribution in [3.63, 3.8) is 0 Å². The van der Waals surface area contributed by atoms with E-state index >= 15 is 0 Å². The van der Waals surface area contributed by atoms with Crippen LogP contribution in [0.5, 0.6) is 0 Å². The summed E-state index contributed by atoms with van der Waals surface area (Å²) >= 11 is 0. The van der Waals surface area contributed by atoms with Gasteiger partial charge in [-0.25, -0.2) is 0 Å². The van der Waals surface area contributed by atoms with E-state index < -0.39 is 0 Å². The third-order valence-electron chi connectivity index (χ3n) is 4.33. The Labute approximate surface area is 105 Å². The Kier molecular flexibility index (Phi) is 4.84. The molecule has 1 saturated carbocycles. The molecule has 3 nitrogen and oxygen atoms in total. The van der Waals surface area contributed by atoms with E-state index in [9.17, 15) is 4.79 Å². The summed E-state index contributed by atoms with van der Waals surface area (Å²) in [5, 5.41) is 6.44. The van der Waals surface area contributed by atoms with Crippen LogP contribution in [0.3, 0.4) is 0 Å². The van der Waals surface area contributed by atoms with Gasteiger partial charge in [0.25, 0.3) is 0 Å². The molecule has 0 bridgehead atoms. The number of nitrogens with one attached hydrogen (secondary N) is 2. The molecule has 98 valence electrons. The zero-order chi connectivity index (χ0) is 12.1. The molecule has 2 rings (SSSR count). The standard InChI is InChI=1S/C14H26N2O/c1-11-5-7-12(8-6-11)10-16-14(17)13-4-2-3-9-15-13/h11-13,15H,2-10H2,1H3,(H,16,17). The number of carbonyl (C=O) groups excluding carboxylic acids is 1. The normalized spacial score (nSPS) is 34.3. The van der Waals surface area contributed by atoms with Gasteiger partial charge in [-0.15, -0.1) is 0 Å². The molecule has 2 N–H and O–H groups in total. The van der Waals surface area contributed by atoms with Crippen LogP contribution in [0, 0.1) is 11.8 Å². The fourth-order valence-electron chi connectivity index (χ4n) is 2.98. The SMILES string of the molecule is CC1CCC(CNC(=O)C2CCCCN2)CC1. The zero-order valence-corrected chi connectivity index (χ0v) is 11.0. The predicted octanol–water partition coefficient (Wildman–Crippen LogP) is 2.07. The van der Waals surface area contributed by atoms with Crippen LogP contribution >= 0.6 is 0 Å². The molecule has 3 heteroatoms. The minimum atomic E-state index is 0.0752. The van der Waals surface area contributed by atoms with Gasteiger partial charge < -0.3 is 10.6 Å². The molecule has 1 saturated heterocycles. The second kappa shape index (κ2) is 6.39. The van der Waals surface area contributed by atoms with Crippen LogP contribution in [-0.2, 0) is 4.79 Å². The molecule has 0 radical (unpaired) electrons. The van der Waals surface area contributed by atoms with Crippen molar-refractivity contribution in [2.24, 2.45) is 11.8 Å². The molecule has 1 atom stereocenters. The van der Waals surface area contributed by atoms with Gasteiger partial charge in [-0.05, 0) is 44.1 Å². The second-order valence-corrected chi connectivity index (χ2v) is 5.87. The molecule has 0 aromatic carbocycles. The van der Waals surface area contributed by atoms with Gasteiger partial charge >= 0.3 is 0 Å². The first kappa shape index (κ1) is 12.9.